The number of hydrogen-bond donors (Lipinski definition) is 1. The van der Waals surface area contributed by atoms with Gasteiger partial charge in [0.05, 0.1) is 17.8 Å². The molecule has 0 aromatic rings. The van der Waals surface area contributed by atoms with Crippen LogP contribution in [-0.4, -0.2) is 35.0 Å². The third kappa shape index (κ3) is 2.20. The van der Waals surface area contributed by atoms with Crippen LogP contribution in [0.4, 0.5) is 0 Å². The van der Waals surface area contributed by atoms with E-state index in [0.29, 0.717) is 11.1 Å². The van der Waals surface area contributed by atoms with Gasteiger partial charge in [-0.25, -0.2) is 9.59 Å². The lowest BCUT2D eigenvalue weighted by Crippen LogP contribution is -2.55. The van der Waals surface area contributed by atoms with E-state index >= 15 is 0 Å². The summed E-state index contributed by atoms with van der Waals surface area (Å²) in [5, 5.41) is 11.4. The van der Waals surface area contributed by atoms with Crippen LogP contribution in [0.25, 0.3) is 0 Å². The predicted octanol–water partition coefficient (Wildman–Crippen LogP) is 2.14. The molecule has 2 heterocycles. The van der Waals surface area contributed by atoms with Gasteiger partial charge < -0.3 is 19.3 Å². The average molecular weight is 346 g/mol. The molecule has 0 unspecified atom stereocenters. The molecule has 0 aromatic heterocycles. The molecule has 0 radical (unpaired) electrons. The highest BCUT2D eigenvalue weighted by molar-refractivity contribution is 5.93. The quantitative estimate of drug-likeness (QED) is 0.357. The summed E-state index contributed by atoms with van der Waals surface area (Å²) in [7, 11) is 0. The summed E-state index contributed by atoms with van der Waals surface area (Å²) in [6.45, 7) is 5.67. The van der Waals surface area contributed by atoms with Crippen molar-refractivity contribution in [2.75, 3.05) is 0 Å². The van der Waals surface area contributed by atoms with E-state index < -0.39 is 29.9 Å². The predicted molar refractivity (Wildman–Crippen MR) is 86.8 cm³/mol. The molecule has 1 N–H and O–H groups in total. The number of cyclic esters (lactones) is 1. The summed E-state index contributed by atoms with van der Waals surface area (Å²) in [6, 6.07) is 0. The van der Waals surface area contributed by atoms with Crippen molar-refractivity contribution in [3.8, 4) is 0 Å². The van der Waals surface area contributed by atoms with Gasteiger partial charge in [0.2, 0.25) is 0 Å². The van der Waals surface area contributed by atoms with Crippen LogP contribution >= 0.6 is 0 Å². The number of esters is 2. The van der Waals surface area contributed by atoms with Crippen LogP contribution in [0.1, 0.15) is 40.0 Å². The summed E-state index contributed by atoms with van der Waals surface area (Å²) in [5.41, 5.74) is 0.261. The third-order valence-corrected chi connectivity index (χ3v) is 5.98. The Hall–Kier alpha value is -2.08. The highest BCUT2D eigenvalue weighted by Crippen LogP contribution is 2.57. The zero-order chi connectivity index (χ0) is 18.0. The maximum absolute atomic E-state index is 12.3. The smallest absolute Gasteiger partial charge is 0.338 e. The van der Waals surface area contributed by atoms with Crippen molar-refractivity contribution in [3.05, 3.63) is 35.1 Å². The van der Waals surface area contributed by atoms with Gasteiger partial charge in [0, 0.05) is 17.1 Å². The lowest BCUT2D eigenvalue weighted by atomic mass is 9.62. The minimum Gasteiger partial charge on any atom is -0.458 e. The number of carbonyl (C=O) groups excluding carboxylic acids is 2. The fraction of sp³-hybridized carbons (Fsp3) is 0.579. The Morgan fingerprint density at radius 3 is 2.68 bits per heavy atom. The standard InChI is InChI=1S/C19H22O6/c1-10-7-14(24-16(10)20)23-9-13-12-8-11-5-4-6-18(2,3)19(11,22)15(12)25-17(13)21/h7-9,12,14-15,22H,4-6H2,1-3H3/t12-,14-,15+,19+/m1/s1. The molecule has 6 nitrogen and oxygen atoms in total. The van der Waals surface area contributed by atoms with Gasteiger partial charge in [-0.3, -0.25) is 0 Å². The molecule has 2 aliphatic carbocycles. The van der Waals surface area contributed by atoms with Crippen molar-refractivity contribution < 1.29 is 28.9 Å². The van der Waals surface area contributed by atoms with E-state index in [4.69, 9.17) is 14.2 Å². The third-order valence-electron chi connectivity index (χ3n) is 5.98. The fourth-order valence-electron chi connectivity index (χ4n) is 4.45. The van der Waals surface area contributed by atoms with Gasteiger partial charge >= 0.3 is 11.9 Å². The largest absolute Gasteiger partial charge is 0.458 e. The lowest BCUT2D eigenvalue weighted by molar-refractivity contribution is -0.164. The second-order valence-electron chi connectivity index (χ2n) is 7.88. The molecule has 1 saturated heterocycles. The Morgan fingerprint density at radius 1 is 1.24 bits per heavy atom. The first-order valence-corrected chi connectivity index (χ1v) is 8.63. The lowest BCUT2D eigenvalue weighted by Gasteiger charge is -2.48. The molecular formula is C19H22O6. The molecule has 2 aliphatic heterocycles. The van der Waals surface area contributed by atoms with Gasteiger partial charge in [-0.2, -0.15) is 0 Å². The SMILES string of the molecule is CC1=C[C@H](OC=C2C(=O)O[C@H]3[C@@H]2C=C2CCCC(C)(C)[C@]23O)OC1=O. The topological polar surface area (TPSA) is 82.1 Å². The van der Waals surface area contributed by atoms with Crippen LogP contribution in [0.2, 0.25) is 0 Å². The molecule has 25 heavy (non-hydrogen) atoms. The number of hydrogen-bond acceptors (Lipinski definition) is 6. The molecule has 4 rings (SSSR count). The zero-order valence-electron chi connectivity index (χ0n) is 14.6. The Bertz CT molecular complexity index is 743. The molecule has 4 aliphatic rings. The second kappa shape index (κ2) is 5.21. The van der Waals surface area contributed by atoms with Crippen molar-refractivity contribution in [1.29, 1.82) is 0 Å². The van der Waals surface area contributed by atoms with Gasteiger partial charge in [0.15, 0.2) is 0 Å². The van der Waals surface area contributed by atoms with Crippen LogP contribution in [-0.2, 0) is 23.8 Å². The van der Waals surface area contributed by atoms with Crippen LogP contribution < -0.4 is 0 Å². The number of ether oxygens (including phenoxy) is 3. The van der Waals surface area contributed by atoms with E-state index in [0.717, 1.165) is 24.8 Å². The minimum atomic E-state index is -1.14. The number of fused-ring (bicyclic) bond motifs is 3. The van der Waals surface area contributed by atoms with E-state index in [1.807, 2.05) is 19.9 Å². The Balaban J connectivity index is 1.61. The molecule has 134 valence electrons. The van der Waals surface area contributed by atoms with Crippen LogP contribution in [0, 0.1) is 11.3 Å². The van der Waals surface area contributed by atoms with Crippen molar-refractivity contribution >= 4 is 11.9 Å². The number of rotatable bonds is 2. The Labute approximate surface area is 146 Å². The number of aliphatic hydroxyl groups is 1. The van der Waals surface area contributed by atoms with Crippen molar-refractivity contribution in [2.24, 2.45) is 11.3 Å². The van der Waals surface area contributed by atoms with E-state index in [-0.39, 0.29) is 11.3 Å². The van der Waals surface area contributed by atoms with Crippen molar-refractivity contribution in [2.45, 2.75) is 58.0 Å². The maximum Gasteiger partial charge on any atom is 0.338 e. The van der Waals surface area contributed by atoms with Gasteiger partial charge in [0.25, 0.3) is 6.29 Å². The first kappa shape index (κ1) is 16.4. The average Bonchev–Trinajstić information content (AvgIpc) is 3.11. The monoisotopic (exact) mass is 346 g/mol. The zero-order valence-corrected chi connectivity index (χ0v) is 14.6. The molecule has 0 spiro atoms. The normalized spacial score (nSPS) is 40.2. The molecule has 0 bridgehead atoms. The first-order chi connectivity index (χ1) is 11.7. The van der Waals surface area contributed by atoms with E-state index in [2.05, 4.69) is 0 Å². The number of carbonyl (C=O) groups is 2. The second-order valence-corrected chi connectivity index (χ2v) is 7.88. The Morgan fingerprint density at radius 2 is 2.00 bits per heavy atom. The van der Waals surface area contributed by atoms with Crippen molar-refractivity contribution in [1.82, 2.24) is 0 Å². The van der Waals surface area contributed by atoms with Crippen LogP contribution in [0.3, 0.4) is 0 Å². The molecule has 4 atom stereocenters. The van der Waals surface area contributed by atoms with Crippen LogP contribution in [0.5, 0.6) is 0 Å². The first-order valence-electron chi connectivity index (χ1n) is 8.63. The van der Waals surface area contributed by atoms with Gasteiger partial charge in [-0.05, 0) is 31.8 Å². The molecular weight excluding hydrogens is 324 g/mol. The highest BCUT2D eigenvalue weighted by atomic mass is 16.7. The Kier molecular flexibility index (Phi) is 3.41. The van der Waals surface area contributed by atoms with Crippen LogP contribution in [0.15, 0.2) is 35.1 Å². The van der Waals surface area contributed by atoms with E-state index in [1.54, 1.807) is 13.0 Å². The maximum atomic E-state index is 12.3. The minimum absolute atomic E-state index is 0.341. The molecule has 0 aromatic carbocycles. The van der Waals surface area contributed by atoms with Crippen molar-refractivity contribution in [3.63, 3.8) is 0 Å². The van der Waals surface area contributed by atoms with Gasteiger partial charge in [-0.1, -0.05) is 19.9 Å². The summed E-state index contributed by atoms with van der Waals surface area (Å²) in [4.78, 5) is 23.7. The highest BCUT2D eigenvalue weighted by Gasteiger charge is 2.64. The van der Waals surface area contributed by atoms with Gasteiger partial charge in [0.1, 0.15) is 11.7 Å². The van der Waals surface area contributed by atoms with Gasteiger partial charge in [-0.15, -0.1) is 0 Å². The summed E-state index contributed by atoms with van der Waals surface area (Å²) in [6.07, 6.45) is 6.05. The fourth-order valence-corrected chi connectivity index (χ4v) is 4.45. The van der Waals surface area contributed by atoms with E-state index in [1.165, 1.54) is 6.26 Å². The summed E-state index contributed by atoms with van der Waals surface area (Å²) < 4.78 is 16.0. The summed E-state index contributed by atoms with van der Waals surface area (Å²) >= 11 is 0. The molecule has 1 saturated carbocycles. The molecule has 6 heteroatoms. The molecule has 2 fully saturated rings. The van der Waals surface area contributed by atoms with E-state index in [9.17, 15) is 14.7 Å². The molecule has 0 amide bonds. The summed E-state index contributed by atoms with van der Waals surface area (Å²) in [5.74, 6) is -1.27.